The summed E-state index contributed by atoms with van der Waals surface area (Å²) in [5, 5.41) is 0. The second-order valence-electron chi connectivity index (χ2n) is 6.68. The third kappa shape index (κ3) is 2.57. The van der Waals surface area contributed by atoms with Crippen LogP contribution in [-0.2, 0) is 6.42 Å². The quantitative estimate of drug-likeness (QED) is 0.897. The van der Waals surface area contributed by atoms with Gasteiger partial charge in [-0.05, 0) is 48.4 Å². The Morgan fingerprint density at radius 1 is 1.35 bits per heavy atom. The summed E-state index contributed by atoms with van der Waals surface area (Å²) >= 11 is 0. The SMILES string of the molecule is COc1ccc2c(c1)C(N)C(N(CC(C)C)C1CC1)C2. The van der Waals surface area contributed by atoms with Gasteiger partial charge in [0.2, 0.25) is 0 Å². The maximum Gasteiger partial charge on any atom is 0.119 e. The fourth-order valence-electron chi connectivity index (χ4n) is 3.46. The monoisotopic (exact) mass is 274 g/mol. The normalized spacial score (nSPS) is 25.3. The van der Waals surface area contributed by atoms with Crippen LogP contribution in [0.15, 0.2) is 18.2 Å². The summed E-state index contributed by atoms with van der Waals surface area (Å²) in [4.78, 5) is 2.67. The average Bonchev–Trinajstić information content (AvgIpc) is 3.21. The summed E-state index contributed by atoms with van der Waals surface area (Å²) in [5.74, 6) is 1.61. The molecule has 0 spiro atoms. The molecule has 1 fully saturated rings. The molecule has 3 heteroatoms. The lowest BCUT2D eigenvalue weighted by atomic mass is 10.1. The van der Waals surface area contributed by atoms with Gasteiger partial charge in [-0.1, -0.05) is 19.9 Å². The van der Waals surface area contributed by atoms with Crippen LogP contribution in [0.5, 0.6) is 5.75 Å². The van der Waals surface area contributed by atoms with Crippen molar-refractivity contribution in [3.8, 4) is 5.75 Å². The van der Waals surface area contributed by atoms with Gasteiger partial charge in [-0.25, -0.2) is 0 Å². The zero-order chi connectivity index (χ0) is 14.3. The number of ether oxygens (including phenoxy) is 1. The minimum Gasteiger partial charge on any atom is -0.497 e. The Bertz CT molecular complexity index is 482. The first-order valence-corrected chi connectivity index (χ1v) is 7.78. The number of fused-ring (bicyclic) bond motifs is 1. The molecular weight excluding hydrogens is 248 g/mol. The first kappa shape index (κ1) is 13.9. The lowest BCUT2D eigenvalue weighted by Gasteiger charge is -2.33. The molecule has 2 N–H and O–H groups in total. The molecule has 2 unspecified atom stereocenters. The first-order valence-electron chi connectivity index (χ1n) is 7.78. The van der Waals surface area contributed by atoms with E-state index in [9.17, 15) is 0 Å². The molecule has 110 valence electrons. The highest BCUT2D eigenvalue weighted by Crippen LogP contribution is 2.40. The van der Waals surface area contributed by atoms with Crippen molar-refractivity contribution in [2.75, 3.05) is 13.7 Å². The molecule has 0 aromatic heterocycles. The van der Waals surface area contributed by atoms with E-state index in [4.69, 9.17) is 10.5 Å². The number of hydrogen-bond acceptors (Lipinski definition) is 3. The van der Waals surface area contributed by atoms with Gasteiger partial charge >= 0.3 is 0 Å². The molecular formula is C17H26N2O. The van der Waals surface area contributed by atoms with Crippen LogP contribution in [0.1, 0.15) is 43.9 Å². The second kappa shape index (κ2) is 5.38. The molecule has 0 bridgehead atoms. The van der Waals surface area contributed by atoms with Crippen molar-refractivity contribution in [2.24, 2.45) is 11.7 Å². The van der Waals surface area contributed by atoms with Gasteiger partial charge in [0.1, 0.15) is 5.75 Å². The van der Waals surface area contributed by atoms with Gasteiger partial charge in [-0.3, -0.25) is 4.90 Å². The van der Waals surface area contributed by atoms with Gasteiger partial charge in [0.05, 0.1) is 7.11 Å². The smallest absolute Gasteiger partial charge is 0.119 e. The average molecular weight is 274 g/mol. The predicted molar refractivity (Wildman–Crippen MR) is 82.0 cm³/mol. The van der Waals surface area contributed by atoms with E-state index in [1.54, 1.807) is 7.11 Å². The van der Waals surface area contributed by atoms with Gasteiger partial charge in [0.15, 0.2) is 0 Å². The number of methoxy groups -OCH3 is 1. The summed E-state index contributed by atoms with van der Waals surface area (Å²) in [7, 11) is 1.72. The summed E-state index contributed by atoms with van der Waals surface area (Å²) in [5.41, 5.74) is 9.24. The molecule has 1 saturated carbocycles. The summed E-state index contributed by atoms with van der Waals surface area (Å²) < 4.78 is 5.34. The van der Waals surface area contributed by atoms with E-state index in [0.29, 0.717) is 12.0 Å². The van der Waals surface area contributed by atoms with Crippen molar-refractivity contribution < 1.29 is 4.74 Å². The third-order valence-corrected chi connectivity index (χ3v) is 4.57. The maximum absolute atomic E-state index is 6.56. The molecule has 0 aliphatic heterocycles. The Labute approximate surface area is 122 Å². The second-order valence-corrected chi connectivity index (χ2v) is 6.68. The molecule has 20 heavy (non-hydrogen) atoms. The van der Waals surface area contributed by atoms with Crippen LogP contribution in [0, 0.1) is 5.92 Å². The van der Waals surface area contributed by atoms with E-state index >= 15 is 0 Å². The minimum absolute atomic E-state index is 0.124. The molecule has 0 saturated heterocycles. The third-order valence-electron chi connectivity index (χ3n) is 4.57. The van der Waals surface area contributed by atoms with Crippen molar-refractivity contribution in [1.82, 2.24) is 4.90 Å². The number of nitrogens with zero attached hydrogens (tertiary/aromatic N) is 1. The number of nitrogens with two attached hydrogens (primary N) is 1. The van der Waals surface area contributed by atoms with Crippen molar-refractivity contribution in [2.45, 2.75) is 51.2 Å². The summed E-state index contributed by atoms with van der Waals surface area (Å²) in [6.45, 7) is 5.76. The molecule has 0 heterocycles. The zero-order valence-electron chi connectivity index (χ0n) is 12.8. The summed E-state index contributed by atoms with van der Waals surface area (Å²) in [6.07, 6.45) is 3.77. The highest BCUT2D eigenvalue weighted by molar-refractivity contribution is 5.42. The largest absolute Gasteiger partial charge is 0.497 e. The van der Waals surface area contributed by atoms with Crippen LogP contribution in [0.3, 0.4) is 0 Å². The molecule has 2 aliphatic rings. The van der Waals surface area contributed by atoms with Crippen LogP contribution in [0.2, 0.25) is 0 Å². The van der Waals surface area contributed by atoms with Gasteiger partial charge in [-0.2, -0.15) is 0 Å². The Morgan fingerprint density at radius 3 is 2.70 bits per heavy atom. The molecule has 2 atom stereocenters. The highest BCUT2D eigenvalue weighted by atomic mass is 16.5. The van der Waals surface area contributed by atoms with E-state index in [2.05, 4.69) is 36.9 Å². The molecule has 1 aromatic carbocycles. The van der Waals surface area contributed by atoms with E-state index in [0.717, 1.165) is 24.8 Å². The Morgan fingerprint density at radius 2 is 2.10 bits per heavy atom. The topological polar surface area (TPSA) is 38.5 Å². The van der Waals surface area contributed by atoms with Crippen molar-refractivity contribution in [3.63, 3.8) is 0 Å². The summed E-state index contributed by atoms with van der Waals surface area (Å²) in [6, 6.07) is 7.73. The van der Waals surface area contributed by atoms with Crippen LogP contribution >= 0.6 is 0 Å². The van der Waals surface area contributed by atoms with Crippen molar-refractivity contribution >= 4 is 0 Å². The molecule has 3 nitrogen and oxygen atoms in total. The van der Waals surface area contributed by atoms with Crippen molar-refractivity contribution in [3.05, 3.63) is 29.3 Å². The molecule has 0 radical (unpaired) electrons. The van der Waals surface area contributed by atoms with Gasteiger partial charge in [-0.15, -0.1) is 0 Å². The lowest BCUT2D eigenvalue weighted by Crippen LogP contribution is -2.44. The van der Waals surface area contributed by atoms with Gasteiger partial charge < -0.3 is 10.5 Å². The van der Waals surface area contributed by atoms with E-state index in [-0.39, 0.29) is 6.04 Å². The molecule has 3 rings (SSSR count). The zero-order valence-corrected chi connectivity index (χ0v) is 12.8. The van der Waals surface area contributed by atoms with E-state index in [1.165, 1.54) is 24.0 Å². The van der Waals surface area contributed by atoms with Crippen LogP contribution < -0.4 is 10.5 Å². The van der Waals surface area contributed by atoms with Crippen LogP contribution in [0.4, 0.5) is 0 Å². The van der Waals surface area contributed by atoms with E-state index in [1.807, 2.05) is 0 Å². The molecule has 1 aromatic rings. The van der Waals surface area contributed by atoms with E-state index < -0.39 is 0 Å². The molecule has 2 aliphatic carbocycles. The first-order chi connectivity index (χ1) is 9.60. The maximum atomic E-state index is 6.56. The minimum atomic E-state index is 0.124. The lowest BCUT2D eigenvalue weighted by molar-refractivity contribution is 0.151. The standard InChI is InChI=1S/C17H26N2O/c1-11(2)10-19(13-5-6-13)16-8-12-4-7-14(20-3)9-15(12)17(16)18/h4,7,9,11,13,16-17H,5-6,8,10,18H2,1-3H3. The number of rotatable bonds is 5. The van der Waals surface area contributed by atoms with Gasteiger partial charge in [0.25, 0.3) is 0 Å². The van der Waals surface area contributed by atoms with Crippen LogP contribution in [0.25, 0.3) is 0 Å². The Balaban J connectivity index is 1.82. The van der Waals surface area contributed by atoms with Crippen LogP contribution in [-0.4, -0.2) is 30.6 Å². The number of hydrogen-bond donors (Lipinski definition) is 1. The highest BCUT2D eigenvalue weighted by Gasteiger charge is 2.40. The van der Waals surface area contributed by atoms with Crippen molar-refractivity contribution in [1.29, 1.82) is 0 Å². The molecule has 0 amide bonds. The predicted octanol–water partition coefficient (Wildman–Crippen LogP) is 2.74. The number of benzene rings is 1. The fourth-order valence-corrected chi connectivity index (χ4v) is 3.46. The Kier molecular flexibility index (Phi) is 3.74. The Hall–Kier alpha value is -1.06. The fraction of sp³-hybridized carbons (Fsp3) is 0.647. The van der Waals surface area contributed by atoms with Gasteiger partial charge in [0, 0.05) is 24.7 Å².